The standard InChI is InChI=1S/C22H16N2O2/c23-13-19-8-11-22(12-20(19)14-24)26-16-18-6-9-21(10-7-18)25-15-17-4-2-1-3-5-17/h1-12H,15-16H2. The molecule has 0 aliphatic carbocycles. The summed E-state index contributed by atoms with van der Waals surface area (Å²) in [7, 11) is 0. The zero-order valence-electron chi connectivity index (χ0n) is 14.1. The third kappa shape index (κ3) is 4.41. The van der Waals surface area contributed by atoms with Crippen LogP contribution in [0.5, 0.6) is 11.5 Å². The van der Waals surface area contributed by atoms with Crippen LogP contribution in [-0.2, 0) is 13.2 Å². The largest absolute Gasteiger partial charge is 0.489 e. The van der Waals surface area contributed by atoms with E-state index in [-0.39, 0.29) is 0 Å². The molecule has 0 unspecified atom stereocenters. The number of nitriles is 2. The molecule has 0 aliphatic rings. The van der Waals surface area contributed by atoms with Gasteiger partial charge in [0.25, 0.3) is 0 Å². The lowest BCUT2D eigenvalue weighted by Crippen LogP contribution is -1.98. The van der Waals surface area contributed by atoms with Crippen LogP contribution in [0.2, 0.25) is 0 Å². The molecular weight excluding hydrogens is 324 g/mol. The second-order valence-corrected chi connectivity index (χ2v) is 5.64. The minimum Gasteiger partial charge on any atom is -0.489 e. The molecule has 3 rings (SSSR count). The van der Waals surface area contributed by atoms with Crippen LogP contribution in [0.25, 0.3) is 0 Å². The van der Waals surface area contributed by atoms with Gasteiger partial charge in [-0.1, -0.05) is 42.5 Å². The van der Waals surface area contributed by atoms with Crippen LogP contribution < -0.4 is 9.47 Å². The Kier molecular flexibility index (Phi) is 5.50. The molecule has 0 saturated carbocycles. The number of hydrogen-bond donors (Lipinski definition) is 0. The van der Waals surface area contributed by atoms with E-state index in [1.807, 2.05) is 66.7 Å². The summed E-state index contributed by atoms with van der Waals surface area (Å²) in [6, 6.07) is 26.5. The highest BCUT2D eigenvalue weighted by atomic mass is 16.5. The number of hydrogen-bond acceptors (Lipinski definition) is 4. The highest BCUT2D eigenvalue weighted by molar-refractivity contribution is 5.49. The predicted octanol–water partition coefficient (Wildman–Crippen LogP) is 4.59. The molecule has 0 aromatic heterocycles. The van der Waals surface area contributed by atoms with E-state index >= 15 is 0 Å². The molecule has 0 bridgehead atoms. The summed E-state index contributed by atoms with van der Waals surface area (Å²) in [6.07, 6.45) is 0. The van der Waals surface area contributed by atoms with Crippen molar-refractivity contribution in [3.8, 4) is 23.6 Å². The van der Waals surface area contributed by atoms with E-state index in [4.69, 9.17) is 20.0 Å². The van der Waals surface area contributed by atoms with Crippen LogP contribution in [0.3, 0.4) is 0 Å². The maximum Gasteiger partial charge on any atom is 0.121 e. The Balaban J connectivity index is 1.56. The average Bonchev–Trinajstić information content (AvgIpc) is 2.72. The van der Waals surface area contributed by atoms with Crippen LogP contribution in [-0.4, -0.2) is 0 Å². The number of benzene rings is 3. The van der Waals surface area contributed by atoms with Gasteiger partial charge in [-0.2, -0.15) is 10.5 Å². The molecule has 0 spiro atoms. The molecule has 0 N–H and O–H groups in total. The van der Waals surface area contributed by atoms with Gasteiger partial charge in [-0.25, -0.2) is 0 Å². The van der Waals surface area contributed by atoms with E-state index in [0.29, 0.717) is 30.1 Å². The maximum absolute atomic E-state index is 9.05. The summed E-state index contributed by atoms with van der Waals surface area (Å²) >= 11 is 0. The smallest absolute Gasteiger partial charge is 0.121 e. The Morgan fingerprint density at radius 2 is 1.19 bits per heavy atom. The van der Waals surface area contributed by atoms with E-state index in [9.17, 15) is 0 Å². The Labute approximate surface area is 152 Å². The summed E-state index contributed by atoms with van der Waals surface area (Å²) in [4.78, 5) is 0. The molecular formula is C22H16N2O2. The van der Waals surface area contributed by atoms with Crippen molar-refractivity contribution in [1.29, 1.82) is 10.5 Å². The normalized spacial score (nSPS) is 9.77. The molecule has 4 nitrogen and oxygen atoms in total. The average molecular weight is 340 g/mol. The predicted molar refractivity (Wildman–Crippen MR) is 97.4 cm³/mol. The molecule has 0 heterocycles. The van der Waals surface area contributed by atoms with Crippen molar-refractivity contribution in [2.24, 2.45) is 0 Å². The fraction of sp³-hybridized carbons (Fsp3) is 0.0909. The Morgan fingerprint density at radius 1 is 0.615 bits per heavy atom. The van der Waals surface area contributed by atoms with E-state index in [2.05, 4.69) is 0 Å². The Bertz CT molecular complexity index is 952. The minimum atomic E-state index is 0.314. The fourth-order valence-electron chi connectivity index (χ4n) is 2.39. The molecule has 126 valence electrons. The summed E-state index contributed by atoms with van der Waals surface area (Å²) in [5.74, 6) is 1.35. The van der Waals surface area contributed by atoms with Crippen LogP contribution in [0, 0.1) is 22.7 Å². The fourth-order valence-corrected chi connectivity index (χ4v) is 2.39. The first-order chi connectivity index (χ1) is 12.8. The van der Waals surface area contributed by atoms with Crippen molar-refractivity contribution in [2.75, 3.05) is 0 Å². The molecule has 0 saturated heterocycles. The van der Waals surface area contributed by atoms with Crippen molar-refractivity contribution in [2.45, 2.75) is 13.2 Å². The quantitative estimate of drug-likeness (QED) is 0.658. The number of ether oxygens (including phenoxy) is 2. The zero-order chi connectivity index (χ0) is 18.2. The van der Waals surface area contributed by atoms with Crippen LogP contribution >= 0.6 is 0 Å². The Hall–Kier alpha value is -3.76. The highest BCUT2D eigenvalue weighted by Gasteiger charge is 2.04. The topological polar surface area (TPSA) is 66.0 Å². The highest BCUT2D eigenvalue weighted by Crippen LogP contribution is 2.19. The van der Waals surface area contributed by atoms with Gasteiger partial charge >= 0.3 is 0 Å². The van der Waals surface area contributed by atoms with Crippen LogP contribution in [0.4, 0.5) is 0 Å². The van der Waals surface area contributed by atoms with Gasteiger partial charge in [-0.3, -0.25) is 0 Å². The lowest BCUT2D eigenvalue weighted by molar-refractivity contribution is 0.300. The molecule has 3 aromatic rings. The lowest BCUT2D eigenvalue weighted by Gasteiger charge is -2.09. The van der Waals surface area contributed by atoms with Crippen LogP contribution in [0.1, 0.15) is 22.3 Å². The van der Waals surface area contributed by atoms with Gasteiger partial charge in [0.2, 0.25) is 0 Å². The van der Waals surface area contributed by atoms with Gasteiger partial charge in [-0.15, -0.1) is 0 Å². The van der Waals surface area contributed by atoms with E-state index < -0.39 is 0 Å². The lowest BCUT2D eigenvalue weighted by atomic mass is 10.1. The first-order valence-corrected chi connectivity index (χ1v) is 8.11. The summed E-state index contributed by atoms with van der Waals surface area (Å²) in [5.41, 5.74) is 2.77. The van der Waals surface area contributed by atoms with E-state index in [0.717, 1.165) is 16.9 Å². The van der Waals surface area contributed by atoms with E-state index in [1.54, 1.807) is 18.2 Å². The van der Waals surface area contributed by atoms with Crippen molar-refractivity contribution in [3.05, 3.63) is 95.1 Å². The van der Waals surface area contributed by atoms with E-state index in [1.165, 1.54) is 0 Å². The number of rotatable bonds is 6. The summed E-state index contributed by atoms with van der Waals surface area (Å²) < 4.78 is 11.5. The zero-order valence-corrected chi connectivity index (χ0v) is 14.1. The SMILES string of the molecule is N#Cc1ccc(OCc2ccc(OCc3ccccc3)cc2)cc1C#N. The first kappa shape index (κ1) is 17.1. The third-order valence-electron chi connectivity index (χ3n) is 3.81. The molecule has 0 radical (unpaired) electrons. The van der Waals surface area contributed by atoms with Gasteiger partial charge in [0.1, 0.15) is 36.9 Å². The Morgan fingerprint density at radius 3 is 1.85 bits per heavy atom. The molecule has 0 atom stereocenters. The molecule has 3 aromatic carbocycles. The minimum absolute atomic E-state index is 0.314. The van der Waals surface area contributed by atoms with Crippen molar-refractivity contribution in [3.63, 3.8) is 0 Å². The van der Waals surface area contributed by atoms with Crippen LogP contribution in [0.15, 0.2) is 72.8 Å². The molecule has 0 amide bonds. The van der Waals surface area contributed by atoms with Crippen molar-refractivity contribution >= 4 is 0 Å². The van der Waals surface area contributed by atoms with Gasteiger partial charge < -0.3 is 9.47 Å². The van der Waals surface area contributed by atoms with Crippen molar-refractivity contribution in [1.82, 2.24) is 0 Å². The van der Waals surface area contributed by atoms with Gasteiger partial charge in [-0.05, 0) is 41.5 Å². The molecule has 0 fully saturated rings. The van der Waals surface area contributed by atoms with Gasteiger partial charge in [0.05, 0.1) is 11.1 Å². The van der Waals surface area contributed by atoms with Crippen molar-refractivity contribution < 1.29 is 9.47 Å². The number of nitrogens with zero attached hydrogens (tertiary/aromatic N) is 2. The summed E-state index contributed by atoms with van der Waals surface area (Å²) in [5, 5.41) is 18.0. The maximum atomic E-state index is 9.05. The first-order valence-electron chi connectivity index (χ1n) is 8.11. The second kappa shape index (κ2) is 8.37. The molecule has 26 heavy (non-hydrogen) atoms. The molecule has 0 aliphatic heterocycles. The monoisotopic (exact) mass is 340 g/mol. The third-order valence-corrected chi connectivity index (χ3v) is 3.81. The molecule has 4 heteroatoms. The van der Waals surface area contributed by atoms with Gasteiger partial charge in [0, 0.05) is 0 Å². The van der Waals surface area contributed by atoms with Gasteiger partial charge in [0.15, 0.2) is 0 Å². The summed E-state index contributed by atoms with van der Waals surface area (Å²) in [6.45, 7) is 0.897. The second-order valence-electron chi connectivity index (χ2n) is 5.64.